The molecule has 1 aliphatic carbocycles. The van der Waals surface area contributed by atoms with Gasteiger partial charge in [-0.3, -0.25) is 14.7 Å². The van der Waals surface area contributed by atoms with Gasteiger partial charge in [0.05, 0.1) is 0 Å². The van der Waals surface area contributed by atoms with Crippen molar-refractivity contribution in [1.82, 2.24) is 4.90 Å². The van der Waals surface area contributed by atoms with Crippen LogP contribution in [0, 0.1) is 0 Å². The fourth-order valence-electron chi connectivity index (χ4n) is 2.29. The number of nitrogens with two attached hydrogens (primary N) is 1. The normalized spacial score (nSPS) is 23.2. The van der Waals surface area contributed by atoms with Gasteiger partial charge in [0.2, 0.25) is 5.91 Å². The van der Waals surface area contributed by atoms with Crippen LogP contribution in [0.1, 0.15) is 38.5 Å². The van der Waals surface area contributed by atoms with Crippen LogP contribution in [0.25, 0.3) is 0 Å². The van der Waals surface area contributed by atoms with Crippen LogP contribution < -0.4 is 5.73 Å². The Morgan fingerprint density at radius 1 is 1.19 bits per heavy atom. The lowest BCUT2D eigenvalue weighted by Gasteiger charge is -2.24. The largest absolute Gasteiger partial charge is 0.402 e. The van der Waals surface area contributed by atoms with E-state index >= 15 is 0 Å². The number of carbonyl (C=O) groups excluding carboxylic acids is 1. The van der Waals surface area contributed by atoms with E-state index in [0.29, 0.717) is 6.42 Å². The minimum Gasteiger partial charge on any atom is -0.402 e. The lowest BCUT2D eigenvalue weighted by Crippen LogP contribution is -2.34. The second kappa shape index (κ2) is 4.68. The van der Waals surface area contributed by atoms with Crippen LogP contribution in [0.3, 0.4) is 0 Å². The molecule has 0 fully saturated rings. The van der Waals surface area contributed by atoms with Crippen LogP contribution in [-0.2, 0) is 4.79 Å². The molecule has 1 amide bonds. The first kappa shape index (κ1) is 11.2. The molecule has 4 nitrogen and oxygen atoms in total. The molecule has 16 heavy (non-hydrogen) atoms. The van der Waals surface area contributed by atoms with Crippen LogP contribution in [0.5, 0.6) is 0 Å². The number of hydrogen-bond acceptors (Lipinski definition) is 3. The molecule has 0 bridgehead atoms. The van der Waals surface area contributed by atoms with Gasteiger partial charge < -0.3 is 5.73 Å². The maximum Gasteiger partial charge on any atom is 0.227 e. The topological polar surface area (TPSA) is 58.7 Å². The van der Waals surface area contributed by atoms with E-state index in [0.717, 1.165) is 55.8 Å². The molecule has 1 heterocycles. The predicted molar refractivity (Wildman–Crippen MR) is 64.0 cm³/mol. The first-order valence-electron chi connectivity index (χ1n) is 5.99. The average Bonchev–Trinajstić information content (AvgIpc) is 2.44. The van der Waals surface area contributed by atoms with Gasteiger partial charge in [-0.1, -0.05) is 0 Å². The SMILES string of the molecule is CN1C(=O)CCCN=C1C1=C(N)CCCC1. The summed E-state index contributed by atoms with van der Waals surface area (Å²) in [5.41, 5.74) is 8.05. The lowest BCUT2D eigenvalue weighted by atomic mass is 9.95. The zero-order valence-electron chi connectivity index (χ0n) is 9.83. The highest BCUT2D eigenvalue weighted by Crippen LogP contribution is 2.24. The van der Waals surface area contributed by atoms with Gasteiger partial charge in [-0.25, -0.2) is 0 Å². The van der Waals surface area contributed by atoms with Crippen molar-refractivity contribution in [2.24, 2.45) is 10.7 Å². The quantitative estimate of drug-likeness (QED) is 0.728. The van der Waals surface area contributed by atoms with Gasteiger partial charge in [0.1, 0.15) is 5.84 Å². The smallest absolute Gasteiger partial charge is 0.227 e. The Labute approximate surface area is 96.2 Å². The maximum atomic E-state index is 11.8. The summed E-state index contributed by atoms with van der Waals surface area (Å²) in [5.74, 6) is 0.974. The molecule has 4 heteroatoms. The summed E-state index contributed by atoms with van der Waals surface area (Å²) in [6, 6.07) is 0. The number of likely N-dealkylation sites (N-methyl/N-ethyl adjacent to an activating group) is 1. The van der Waals surface area contributed by atoms with Crippen molar-refractivity contribution in [2.45, 2.75) is 38.5 Å². The summed E-state index contributed by atoms with van der Waals surface area (Å²) in [7, 11) is 1.81. The Balaban J connectivity index is 2.30. The van der Waals surface area contributed by atoms with Crippen LogP contribution in [0.4, 0.5) is 0 Å². The van der Waals surface area contributed by atoms with Crippen molar-refractivity contribution in [3.05, 3.63) is 11.3 Å². The molecule has 0 atom stereocenters. The summed E-state index contributed by atoms with van der Waals surface area (Å²) >= 11 is 0. The third kappa shape index (κ3) is 2.10. The predicted octanol–water partition coefficient (Wildman–Crippen LogP) is 1.42. The molecule has 0 radical (unpaired) electrons. The molecular formula is C12H19N3O. The van der Waals surface area contributed by atoms with E-state index in [4.69, 9.17) is 5.73 Å². The van der Waals surface area contributed by atoms with Crippen molar-refractivity contribution in [2.75, 3.05) is 13.6 Å². The Morgan fingerprint density at radius 3 is 2.69 bits per heavy atom. The molecule has 0 spiro atoms. The minimum absolute atomic E-state index is 0.155. The standard InChI is InChI=1S/C12H19N3O/c1-15-11(16)7-4-8-14-12(15)9-5-2-3-6-10(9)13/h2-8,13H2,1H3. The number of amidine groups is 1. The fraction of sp³-hybridized carbons (Fsp3) is 0.667. The van der Waals surface area contributed by atoms with Crippen LogP contribution in [-0.4, -0.2) is 30.2 Å². The van der Waals surface area contributed by atoms with Crippen molar-refractivity contribution >= 4 is 11.7 Å². The monoisotopic (exact) mass is 221 g/mol. The Morgan fingerprint density at radius 2 is 1.94 bits per heavy atom. The van der Waals surface area contributed by atoms with E-state index in [9.17, 15) is 4.79 Å². The highest BCUT2D eigenvalue weighted by atomic mass is 16.2. The Bertz CT molecular complexity index is 357. The van der Waals surface area contributed by atoms with Crippen molar-refractivity contribution in [3.63, 3.8) is 0 Å². The summed E-state index contributed by atoms with van der Waals surface area (Å²) in [6.07, 6.45) is 5.65. The van der Waals surface area contributed by atoms with Crippen LogP contribution >= 0.6 is 0 Å². The van der Waals surface area contributed by atoms with E-state index in [1.807, 2.05) is 0 Å². The number of rotatable bonds is 1. The van der Waals surface area contributed by atoms with E-state index in [2.05, 4.69) is 4.99 Å². The van der Waals surface area contributed by atoms with Crippen molar-refractivity contribution in [3.8, 4) is 0 Å². The molecule has 0 aromatic heterocycles. The van der Waals surface area contributed by atoms with E-state index < -0.39 is 0 Å². The summed E-state index contributed by atoms with van der Waals surface area (Å²) in [5, 5.41) is 0. The minimum atomic E-state index is 0.155. The summed E-state index contributed by atoms with van der Waals surface area (Å²) in [6.45, 7) is 0.738. The zero-order chi connectivity index (χ0) is 11.5. The maximum absolute atomic E-state index is 11.8. The van der Waals surface area contributed by atoms with Gasteiger partial charge in [-0.05, 0) is 32.1 Å². The molecule has 0 aromatic rings. The molecule has 2 N–H and O–H groups in total. The van der Waals surface area contributed by atoms with Gasteiger partial charge in [0.25, 0.3) is 0 Å². The number of allylic oxidation sites excluding steroid dienone is 1. The van der Waals surface area contributed by atoms with Gasteiger partial charge >= 0.3 is 0 Å². The second-order valence-electron chi connectivity index (χ2n) is 4.47. The highest BCUT2D eigenvalue weighted by molar-refractivity contribution is 6.08. The number of aliphatic imine (C=N–C) groups is 1. The number of carbonyl (C=O) groups is 1. The Hall–Kier alpha value is -1.32. The van der Waals surface area contributed by atoms with Crippen molar-refractivity contribution in [1.29, 1.82) is 0 Å². The van der Waals surface area contributed by atoms with E-state index in [1.54, 1.807) is 11.9 Å². The molecule has 1 aliphatic heterocycles. The highest BCUT2D eigenvalue weighted by Gasteiger charge is 2.23. The van der Waals surface area contributed by atoms with Gasteiger partial charge in [0, 0.05) is 31.3 Å². The average molecular weight is 221 g/mol. The summed E-state index contributed by atoms with van der Waals surface area (Å²) < 4.78 is 0. The fourth-order valence-corrected chi connectivity index (χ4v) is 2.29. The van der Waals surface area contributed by atoms with E-state index in [1.165, 1.54) is 0 Å². The lowest BCUT2D eigenvalue weighted by molar-refractivity contribution is -0.126. The number of hydrogen-bond donors (Lipinski definition) is 1. The number of amides is 1. The van der Waals surface area contributed by atoms with Crippen LogP contribution in [0.2, 0.25) is 0 Å². The molecule has 2 aliphatic rings. The van der Waals surface area contributed by atoms with Crippen molar-refractivity contribution < 1.29 is 4.79 Å². The third-order valence-electron chi connectivity index (χ3n) is 3.28. The van der Waals surface area contributed by atoms with E-state index in [-0.39, 0.29) is 5.91 Å². The summed E-state index contributed by atoms with van der Waals surface area (Å²) in [4.78, 5) is 17.9. The molecule has 0 saturated heterocycles. The first-order valence-corrected chi connectivity index (χ1v) is 5.99. The Kier molecular flexibility index (Phi) is 3.27. The number of nitrogens with zero attached hydrogens (tertiary/aromatic N) is 2. The molecule has 0 aromatic carbocycles. The zero-order valence-corrected chi connectivity index (χ0v) is 9.83. The van der Waals surface area contributed by atoms with Gasteiger partial charge in [0.15, 0.2) is 0 Å². The second-order valence-corrected chi connectivity index (χ2v) is 4.47. The van der Waals surface area contributed by atoms with Crippen LogP contribution in [0.15, 0.2) is 16.3 Å². The molecular weight excluding hydrogens is 202 g/mol. The molecule has 88 valence electrons. The first-order chi connectivity index (χ1) is 7.70. The molecule has 2 rings (SSSR count). The van der Waals surface area contributed by atoms with Gasteiger partial charge in [-0.2, -0.15) is 0 Å². The third-order valence-corrected chi connectivity index (χ3v) is 3.28. The molecule has 0 unspecified atom stereocenters. The molecule has 0 saturated carbocycles. The van der Waals surface area contributed by atoms with Gasteiger partial charge in [-0.15, -0.1) is 0 Å².